The van der Waals surface area contributed by atoms with Crippen LogP contribution < -0.4 is 15.6 Å². The van der Waals surface area contributed by atoms with Crippen LogP contribution in [0.2, 0.25) is 0 Å². The van der Waals surface area contributed by atoms with Crippen LogP contribution in [-0.2, 0) is 4.79 Å². The number of nitrogens with zero attached hydrogens (tertiary/aromatic N) is 2. The van der Waals surface area contributed by atoms with Gasteiger partial charge in [0.1, 0.15) is 0 Å². The van der Waals surface area contributed by atoms with Gasteiger partial charge in [-0.1, -0.05) is 48.0 Å². The Morgan fingerprint density at radius 2 is 1.62 bits per heavy atom. The van der Waals surface area contributed by atoms with Crippen LogP contribution >= 0.6 is 0 Å². The number of rotatable bonds is 7. The van der Waals surface area contributed by atoms with Crippen molar-refractivity contribution >= 4 is 23.7 Å². The van der Waals surface area contributed by atoms with Gasteiger partial charge in [-0.2, -0.15) is 0 Å². The van der Waals surface area contributed by atoms with E-state index >= 15 is 0 Å². The van der Waals surface area contributed by atoms with Crippen molar-refractivity contribution in [3.63, 3.8) is 0 Å². The third-order valence-electron chi connectivity index (χ3n) is 6.19. The van der Waals surface area contributed by atoms with E-state index in [1.165, 1.54) is 0 Å². The molecule has 0 radical (unpaired) electrons. The summed E-state index contributed by atoms with van der Waals surface area (Å²) < 4.78 is 1.80. The summed E-state index contributed by atoms with van der Waals surface area (Å²) in [7, 11) is 0. The van der Waals surface area contributed by atoms with Gasteiger partial charge in [-0.3, -0.25) is 9.59 Å². The fourth-order valence-corrected chi connectivity index (χ4v) is 4.28. The molecule has 4 rings (SSSR count). The molecule has 1 heterocycles. The molecular weight excluding hydrogens is 424 g/mol. The van der Waals surface area contributed by atoms with Crippen LogP contribution in [0.3, 0.4) is 0 Å². The van der Waals surface area contributed by atoms with E-state index in [-0.39, 0.29) is 17.9 Å². The van der Waals surface area contributed by atoms with Gasteiger partial charge >= 0.3 is 5.91 Å². The minimum absolute atomic E-state index is 0.245. The topological polar surface area (TPSA) is 64.5 Å². The SMILES string of the molecule is CCN(CC)c1ccc(/C=[N+]2\NC(=O)[C@H](NC(=O)c3ccccc3)[C@H]2c2ccc(C)cc2)cc1. The van der Waals surface area contributed by atoms with Gasteiger partial charge < -0.3 is 10.2 Å². The first-order valence-electron chi connectivity index (χ1n) is 11.7. The van der Waals surface area contributed by atoms with E-state index in [2.05, 4.69) is 41.6 Å². The molecule has 0 spiro atoms. The van der Waals surface area contributed by atoms with Crippen molar-refractivity contribution in [3.05, 3.63) is 101 Å². The van der Waals surface area contributed by atoms with Crippen molar-refractivity contribution in [1.29, 1.82) is 0 Å². The van der Waals surface area contributed by atoms with Crippen molar-refractivity contribution in [2.75, 3.05) is 18.0 Å². The summed E-state index contributed by atoms with van der Waals surface area (Å²) in [5.41, 5.74) is 7.67. The summed E-state index contributed by atoms with van der Waals surface area (Å²) in [5.74, 6) is -0.519. The number of nitrogens with one attached hydrogen (secondary N) is 2. The fraction of sp³-hybridized carbons (Fsp3) is 0.250. The van der Waals surface area contributed by atoms with E-state index in [1.54, 1.807) is 16.8 Å². The van der Waals surface area contributed by atoms with Gasteiger partial charge in [0.2, 0.25) is 12.3 Å². The molecule has 0 saturated carbocycles. The molecule has 1 saturated heterocycles. The number of hydrazine groups is 1. The Kier molecular flexibility index (Phi) is 7.07. The molecule has 2 atom stereocenters. The number of benzene rings is 3. The Balaban J connectivity index is 1.66. The first kappa shape index (κ1) is 23.2. The number of carbonyl (C=O) groups is 2. The molecule has 3 aromatic rings. The van der Waals surface area contributed by atoms with E-state index in [0.717, 1.165) is 35.5 Å². The van der Waals surface area contributed by atoms with Crippen molar-refractivity contribution in [2.24, 2.45) is 0 Å². The standard InChI is InChI=1S/C28H30N4O2/c1-4-31(5-2)24-17-13-21(14-18-24)19-32-26(22-15-11-20(3)12-16-22)25(28(34)30-32)29-27(33)23-9-7-6-8-10-23/h6-19,25-26H,4-5H2,1-3H3,(H-,29,30,33,34)/p+1/t25-,26-/m1/s1. The van der Waals surface area contributed by atoms with E-state index in [0.29, 0.717) is 5.56 Å². The van der Waals surface area contributed by atoms with Crippen molar-refractivity contribution in [2.45, 2.75) is 32.9 Å². The van der Waals surface area contributed by atoms with E-state index in [9.17, 15) is 9.59 Å². The van der Waals surface area contributed by atoms with Crippen molar-refractivity contribution < 1.29 is 14.3 Å². The summed E-state index contributed by atoms with van der Waals surface area (Å²) in [5, 5.41) is 2.94. The minimum Gasteiger partial charge on any atom is -0.372 e. The Morgan fingerprint density at radius 3 is 2.24 bits per heavy atom. The second-order valence-corrected chi connectivity index (χ2v) is 8.45. The van der Waals surface area contributed by atoms with Crippen LogP contribution in [-0.4, -0.2) is 41.8 Å². The molecule has 6 heteroatoms. The van der Waals surface area contributed by atoms with Gasteiger partial charge in [0, 0.05) is 35.5 Å². The molecule has 1 aliphatic rings. The quantitative estimate of drug-likeness (QED) is 0.532. The maximum Gasteiger partial charge on any atom is 0.304 e. The monoisotopic (exact) mass is 455 g/mol. The Labute approximate surface area is 200 Å². The number of hydrazone groups is 1. The van der Waals surface area contributed by atoms with Gasteiger partial charge in [0.15, 0.2) is 6.04 Å². The molecule has 174 valence electrons. The molecule has 2 N–H and O–H groups in total. The smallest absolute Gasteiger partial charge is 0.304 e. The van der Waals surface area contributed by atoms with Crippen molar-refractivity contribution in [3.8, 4) is 0 Å². The van der Waals surface area contributed by atoms with Crippen LogP contribution in [0.25, 0.3) is 0 Å². The first-order valence-corrected chi connectivity index (χ1v) is 11.7. The number of amides is 2. The lowest BCUT2D eigenvalue weighted by atomic mass is 9.98. The molecule has 0 aromatic heterocycles. The lowest BCUT2D eigenvalue weighted by molar-refractivity contribution is -0.596. The van der Waals surface area contributed by atoms with E-state index < -0.39 is 6.04 Å². The normalized spacial score (nSPS) is 18.6. The van der Waals surface area contributed by atoms with Gasteiger partial charge in [-0.05, 0) is 57.2 Å². The Hall–Kier alpha value is -3.93. The van der Waals surface area contributed by atoms with E-state index in [4.69, 9.17) is 0 Å². The van der Waals surface area contributed by atoms with Crippen LogP contribution in [0.15, 0.2) is 78.9 Å². The summed E-state index contributed by atoms with van der Waals surface area (Å²) in [6.07, 6.45) is 1.92. The lowest BCUT2D eigenvalue weighted by Gasteiger charge is -2.20. The number of hydrogen-bond acceptors (Lipinski definition) is 3. The first-order chi connectivity index (χ1) is 16.5. The third kappa shape index (κ3) is 5.01. The third-order valence-corrected chi connectivity index (χ3v) is 6.19. The van der Waals surface area contributed by atoms with Crippen molar-refractivity contribution in [1.82, 2.24) is 10.7 Å². The fourth-order valence-electron chi connectivity index (χ4n) is 4.28. The number of carbonyl (C=O) groups excluding carboxylic acids is 2. The Morgan fingerprint density at radius 1 is 0.971 bits per heavy atom. The summed E-state index contributed by atoms with van der Waals surface area (Å²) in [6, 6.07) is 24.2. The van der Waals surface area contributed by atoms with Crippen LogP contribution in [0, 0.1) is 6.92 Å². The minimum atomic E-state index is -0.735. The highest BCUT2D eigenvalue weighted by Crippen LogP contribution is 2.26. The van der Waals surface area contributed by atoms with Gasteiger partial charge in [-0.15, -0.1) is 10.1 Å². The molecule has 0 aliphatic carbocycles. The summed E-state index contributed by atoms with van der Waals surface area (Å²) >= 11 is 0. The highest BCUT2D eigenvalue weighted by atomic mass is 16.2. The predicted molar refractivity (Wildman–Crippen MR) is 135 cm³/mol. The summed E-state index contributed by atoms with van der Waals surface area (Å²) in [6.45, 7) is 8.19. The largest absolute Gasteiger partial charge is 0.372 e. The number of anilines is 1. The number of aryl methyl sites for hydroxylation is 1. The maximum absolute atomic E-state index is 13.0. The van der Waals surface area contributed by atoms with Gasteiger partial charge in [0.05, 0.1) is 0 Å². The average molecular weight is 456 g/mol. The Bertz CT molecular complexity index is 1170. The zero-order valence-corrected chi connectivity index (χ0v) is 19.9. The average Bonchev–Trinajstić information content (AvgIpc) is 3.16. The molecule has 2 amide bonds. The predicted octanol–water partition coefficient (Wildman–Crippen LogP) is 3.86. The molecule has 3 aromatic carbocycles. The maximum atomic E-state index is 13.0. The molecule has 34 heavy (non-hydrogen) atoms. The molecule has 0 unspecified atom stereocenters. The summed E-state index contributed by atoms with van der Waals surface area (Å²) in [4.78, 5) is 28.2. The molecule has 1 fully saturated rings. The second kappa shape index (κ2) is 10.3. The molecular formula is C28H31N4O2+. The van der Waals surface area contributed by atoms with Crippen LogP contribution in [0.5, 0.6) is 0 Å². The highest BCUT2D eigenvalue weighted by Gasteiger charge is 2.47. The second-order valence-electron chi connectivity index (χ2n) is 8.45. The lowest BCUT2D eigenvalue weighted by Crippen LogP contribution is -2.42. The zero-order chi connectivity index (χ0) is 24.1. The molecule has 6 nitrogen and oxygen atoms in total. The molecule has 0 bridgehead atoms. The van der Waals surface area contributed by atoms with Crippen LogP contribution in [0.1, 0.15) is 46.9 Å². The highest BCUT2D eigenvalue weighted by molar-refractivity contribution is 5.98. The van der Waals surface area contributed by atoms with Gasteiger partial charge in [0.25, 0.3) is 5.91 Å². The van der Waals surface area contributed by atoms with E-state index in [1.807, 2.05) is 67.7 Å². The van der Waals surface area contributed by atoms with Crippen LogP contribution in [0.4, 0.5) is 5.69 Å². The number of hydrogen-bond donors (Lipinski definition) is 2. The zero-order valence-electron chi connectivity index (χ0n) is 19.9. The molecule has 1 aliphatic heterocycles. The van der Waals surface area contributed by atoms with Gasteiger partial charge in [-0.25, -0.2) is 0 Å².